The summed E-state index contributed by atoms with van der Waals surface area (Å²) in [6.45, 7) is 2.07. The summed E-state index contributed by atoms with van der Waals surface area (Å²) in [7, 11) is 9.74. The van der Waals surface area contributed by atoms with E-state index in [4.69, 9.17) is 57.2 Å². The van der Waals surface area contributed by atoms with E-state index >= 15 is 0 Å². The molecule has 4 atom stereocenters. The van der Waals surface area contributed by atoms with Crippen molar-refractivity contribution in [2.75, 3.05) is 34.0 Å². The van der Waals surface area contributed by atoms with Gasteiger partial charge < -0.3 is 54.3 Å². The number of ketones is 1. The van der Waals surface area contributed by atoms with Crippen LogP contribution in [0.5, 0.6) is 0 Å². The summed E-state index contributed by atoms with van der Waals surface area (Å²) in [6.07, 6.45) is 13.5. The Bertz CT molecular complexity index is 3590. The summed E-state index contributed by atoms with van der Waals surface area (Å²) < 4.78 is 24.9. The monoisotopic (exact) mass is 1830 g/mol. The van der Waals surface area contributed by atoms with Crippen molar-refractivity contribution in [1.29, 1.82) is 5.26 Å². The van der Waals surface area contributed by atoms with Gasteiger partial charge in [0.25, 0.3) is 0 Å². The topological polar surface area (TPSA) is 313 Å². The zero-order chi connectivity index (χ0) is 69.1. The number of hydrogen-bond donors (Lipinski definition) is 8. The molecule has 1 heterocycles. The molecule has 528 valence electrons. The summed E-state index contributed by atoms with van der Waals surface area (Å²) in [5, 5.41) is 42.7. The van der Waals surface area contributed by atoms with Crippen molar-refractivity contribution in [1.82, 2.24) is 0 Å². The van der Waals surface area contributed by atoms with E-state index in [1.54, 1.807) is 12.1 Å². The Morgan fingerprint density at radius 2 is 0.969 bits per heavy atom. The van der Waals surface area contributed by atoms with Crippen molar-refractivity contribution in [2.45, 2.75) is 138 Å². The number of aliphatic hydroxyl groups excluding tert-OH is 2. The van der Waals surface area contributed by atoms with Crippen LogP contribution in [0.15, 0.2) is 142 Å². The molecule has 0 spiro atoms. The zero-order valence-electron chi connectivity index (χ0n) is 54.5. The van der Waals surface area contributed by atoms with Crippen LogP contribution in [0.2, 0.25) is 0 Å². The summed E-state index contributed by atoms with van der Waals surface area (Å²) in [5.41, 5.74) is 34.1. The first-order valence-corrected chi connectivity index (χ1v) is 37.2. The number of nitrogens with zero attached hydrogens (tertiary/aromatic N) is 1. The molecule has 0 aromatic heterocycles. The van der Waals surface area contributed by atoms with Gasteiger partial charge in [0.2, 0.25) is 9.23 Å². The van der Waals surface area contributed by atoms with Gasteiger partial charge in [-0.1, -0.05) is 138 Å². The van der Waals surface area contributed by atoms with E-state index in [1.165, 1.54) is 64.5 Å². The van der Waals surface area contributed by atoms with Crippen LogP contribution in [-0.4, -0.2) is 122 Å². The van der Waals surface area contributed by atoms with Crippen LogP contribution >= 0.6 is 142 Å². The van der Waals surface area contributed by atoms with Crippen LogP contribution in [0, 0.1) is 11.3 Å². The Balaban J connectivity index is 0. The fourth-order valence-corrected chi connectivity index (χ4v) is 13.4. The first-order valence-electron chi connectivity index (χ1n) is 29.6. The number of benzene rings is 6. The van der Waals surface area contributed by atoms with Gasteiger partial charge in [-0.25, -0.2) is 4.21 Å². The summed E-state index contributed by atoms with van der Waals surface area (Å²) in [4.78, 5) is 44.0. The van der Waals surface area contributed by atoms with Crippen molar-refractivity contribution in [3.05, 3.63) is 203 Å². The van der Waals surface area contributed by atoms with Crippen LogP contribution in [0.1, 0.15) is 108 Å². The number of Topliss-reactive ketones (excluding diaryl/α,β-unsaturated/α-hetero) is 1. The molecule has 1 fully saturated rings. The Hall–Kier alpha value is -2.07. The number of nitriles is 1. The molecule has 1 aliphatic heterocycles. The number of ether oxygens (including phenoxy) is 2. The zero-order valence-corrected chi connectivity index (χ0v) is 66.9. The number of aliphatic carboxylic acids is 2. The summed E-state index contributed by atoms with van der Waals surface area (Å²) in [5.74, 6) is -1.67. The molecule has 16 nitrogen and oxygen atoms in total. The molecule has 29 heteroatoms. The van der Waals surface area contributed by atoms with Crippen LogP contribution in [-0.2, 0) is 109 Å². The molecule has 4 unspecified atom stereocenters. The number of methoxy groups -OCH3 is 1. The predicted molar refractivity (Wildman–Crippen MR) is 415 cm³/mol. The minimum absolute atomic E-state index is 0. The predicted octanol–water partition coefficient (Wildman–Crippen LogP) is 10.1. The van der Waals surface area contributed by atoms with E-state index in [0.717, 1.165) is 115 Å². The molecule has 0 amide bonds. The second kappa shape index (κ2) is 47.3. The molecule has 6 aromatic rings. The molecule has 6 aliphatic rings. The van der Waals surface area contributed by atoms with Gasteiger partial charge in [0, 0.05) is 106 Å². The quantitative estimate of drug-likeness (QED) is 0.0452. The molecule has 5 aliphatic carbocycles. The molecular weight excluding hydrogens is 1750 g/mol. The van der Waals surface area contributed by atoms with Gasteiger partial charge in [-0.15, -0.1) is 24.8 Å². The molecule has 0 bridgehead atoms. The fraction of sp³-hybridized carbons (Fsp3) is 0.397. The Morgan fingerprint density at radius 1 is 0.588 bits per heavy atom. The van der Waals surface area contributed by atoms with Gasteiger partial charge in [0.1, 0.15) is 22.4 Å². The van der Waals surface area contributed by atoms with E-state index in [-0.39, 0.29) is 81.5 Å². The molecule has 0 radical (unpaired) electrons. The van der Waals surface area contributed by atoms with Crippen molar-refractivity contribution < 1.29 is 73.6 Å². The van der Waals surface area contributed by atoms with Crippen molar-refractivity contribution in [3.63, 3.8) is 0 Å². The maximum atomic E-state index is 11.6. The van der Waals surface area contributed by atoms with E-state index < -0.39 is 43.3 Å². The molecule has 97 heavy (non-hydrogen) atoms. The van der Waals surface area contributed by atoms with Crippen molar-refractivity contribution >= 4 is 192 Å². The number of carboxylic acid groups (broad SMARTS) is 2. The fourth-order valence-electron chi connectivity index (χ4n) is 10.9. The average molecular weight is 1840 g/mol. The van der Waals surface area contributed by atoms with Crippen molar-refractivity contribution in [3.8, 4) is 6.07 Å². The number of carbonyl (C=O) groups is 4. The second-order valence-electron chi connectivity index (χ2n) is 23.1. The second-order valence-corrected chi connectivity index (χ2v) is 31.1. The first-order chi connectivity index (χ1) is 44.0. The minimum atomic E-state index is -1.67. The number of rotatable bonds is 5. The Morgan fingerprint density at radius 3 is 1.36 bits per heavy atom. The maximum absolute atomic E-state index is 11.6. The van der Waals surface area contributed by atoms with Gasteiger partial charge >= 0.3 is 36.8 Å². The third-order valence-electron chi connectivity index (χ3n) is 16.0. The van der Waals surface area contributed by atoms with Crippen LogP contribution in [0.3, 0.4) is 0 Å². The SMILES string of the molecule is C1CCOC1.CO.COC(=O)C1(N)CCc2ccc(Br)cc2C1.Cl.Cl.N#CC1(N)CCc2ccc(Br)cc2C1.NC1(C(=O)O)CCc2ccc(Br)cc2C1.NC1(CO)CCc2ccc(Br)cc2C1.O=C(O)Cc1cccc(Br)c1.O=C1CCc2ccc(Br)cc2C1.O=S(Cl)Cl.[AlH3].[H-].[Li+]. The Labute approximate surface area is 667 Å². The number of hydrogen-bond acceptors (Lipinski definition) is 14. The first kappa shape index (κ1) is 94.9. The summed E-state index contributed by atoms with van der Waals surface area (Å²) in [6, 6.07) is 40.3. The van der Waals surface area contributed by atoms with E-state index in [1.807, 2.05) is 60.7 Å². The third kappa shape index (κ3) is 33.1. The van der Waals surface area contributed by atoms with E-state index in [9.17, 15) is 24.3 Å². The van der Waals surface area contributed by atoms with Crippen LogP contribution in [0.4, 0.5) is 0 Å². The number of fused-ring (bicyclic) bond motifs is 5. The molecule has 0 saturated carbocycles. The Kier molecular flexibility index (Phi) is 46.3. The normalized spacial score (nSPS) is 19.8. The molecule has 6 aromatic carbocycles. The van der Waals surface area contributed by atoms with Crippen molar-refractivity contribution in [2.24, 2.45) is 22.9 Å². The molecule has 1 saturated heterocycles. The number of nitrogens with two attached hydrogens (primary N) is 4. The van der Waals surface area contributed by atoms with Crippen LogP contribution < -0.4 is 41.8 Å². The van der Waals surface area contributed by atoms with Gasteiger partial charge in [0.05, 0.1) is 26.2 Å². The van der Waals surface area contributed by atoms with Gasteiger partial charge in [-0.3, -0.25) is 19.2 Å². The van der Waals surface area contributed by atoms with Gasteiger partial charge in [-0.05, 0) is 211 Å². The van der Waals surface area contributed by atoms with E-state index in [0.29, 0.717) is 50.7 Å². The summed E-state index contributed by atoms with van der Waals surface area (Å²) >= 11 is 20.3. The number of carboxylic acids is 2. The number of esters is 1. The smallest absolute Gasteiger partial charge is 1.00 e. The standard InChI is InChI=1S/C12H14BrNO2.C11H11BrN2.C11H12BrNO2.C11H14BrNO.C10H9BrO.C8H7BrO2.C4H8O.CH4O.Al.Cl2OS.2ClH.Li.4H/c1-16-11(15)12(14)5-4-8-2-3-10(13)6-9(8)7-12;12-10-2-1-8-3-4-11(14,7-13)6-9(8)5-10;12-9-2-1-7-3-4-11(13,10(14)15)6-8(7)5-9;12-10-2-1-8-3-4-11(13,7-14)6-9(8)5-10;11-9-3-1-7-2-4-10(12)6-8(7)5-9;9-7-3-1-2-6(4-7)5-8(10)11;1-2-4-5-3-1;1-2;;1-4(2)3;;;;;;;/h2-3,6H,4-5,7,14H2,1H3;1-2,5H,3-4,6,14H2;1-2,5H,3-4,6,13H2,(H,14,15);1-2,5,14H,3-4,6-7,13H2;1,3,5H,2,4,6H2;1-4H,5H2,(H,10,11);1-4H2;2H,1H3;;;2*1H;;;;;/q;;;;;;;;;;;;+1;;;;-1. The number of aryl methyl sites for hydroxylation is 5. The van der Waals surface area contributed by atoms with E-state index in [2.05, 4.69) is 165 Å². The number of halogens is 10. The maximum Gasteiger partial charge on any atom is 1.00 e. The molecular formula is C68H85AlBr6Cl4LiN5O11S. The minimum Gasteiger partial charge on any atom is -1.00 e. The number of aliphatic hydroxyl groups is 2. The average Bonchev–Trinajstić information content (AvgIpc) is 0.880. The van der Waals surface area contributed by atoms with Crippen LogP contribution in [0.25, 0.3) is 0 Å². The van der Waals surface area contributed by atoms with Gasteiger partial charge in [-0.2, -0.15) is 5.26 Å². The number of carbonyl (C=O) groups excluding carboxylic acids is 2. The van der Waals surface area contributed by atoms with Gasteiger partial charge in [0.15, 0.2) is 17.4 Å². The third-order valence-corrected chi connectivity index (χ3v) is 19.0. The molecule has 12 N–H and O–H groups in total. The molecule has 12 rings (SSSR count). The largest absolute Gasteiger partial charge is 1.00 e.